The SMILES string of the molecule is CCN(CC(C)C#N)C(=O)C1CNc2ccccc21. The largest absolute Gasteiger partial charge is 0.384 e. The summed E-state index contributed by atoms with van der Waals surface area (Å²) >= 11 is 0. The lowest BCUT2D eigenvalue weighted by atomic mass is 9.99. The van der Waals surface area contributed by atoms with Gasteiger partial charge in [-0.1, -0.05) is 18.2 Å². The smallest absolute Gasteiger partial charge is 0.232 e. The zero-order chi connectivity index (χ0) is 13.8. The highest BCUT2D eigenvalue weighted by atomic mass is 16.2. The second-order valence-corrected chi connectivity index (χ2v) is 4.93. The molecule has 0 aromatic heterocycles. The lowest BCUT2D eigenvalue weighted by Gasteiger charge is -2.25. The molecule has 1 aromatic carbocycles. The molecule has 1 amide bonds. The van der Waals surface area contributed by atoms with E-state index in [0.29, 0.717) is 19.6 Å². The van der Waals surface area contributed by atoms with Crippen LogP contribution in [0.25, 0.3) is 0 Å². The van der Waals surface area contributed by atoms with Gasteiger partial charge in [-0.3, -0.25) is 4.79 Å². The van der Waals surface area contributed by atoms with Crippen molar-refractivity contribution in [1.29, 1.82) is 5.26 Å². The summed E-state index contributed by atoms with van der Waals surface area (Å²) in [6.07, 6.45) is 0. The van der Waals surface area contributed by atoms with Gasteiger partial charge in [0.15, 0.2) is 0 Å². The maximum Gasteiger partial charge on any atom is 0.232 e. The van der Waals surface area contributed by atoms with Gasteiger partial charge in [0.25, 0.3) is 0 Å². The summed E-state index contributed by atoms with van der Waals surface area (Å²) in [5, 5.41) is 12.1. The van der Waals surface area contributed by atoms with Crippen molar-refractivity contribution >= 4 is 11.6 Å². The molecule has 2 atom stereocenters. The van der Waals surface area contributed by atoms with Gasteiger partial charge in [-0.25, -0.2) is 0 Å². The molecule has 100 valence electrons. The van der Waals surface area contributed by atoms with Crippen molar-refractivity contribution in [3.05, 3.63) is 29.8 Å². The fraction of sp³-hybridized carbons (Fsp3) is 0.467. The van der Waals surface area contributed by atoms with E-state index in [2.05, 4.69) is 11.4 Å². The predicted octanol–water partition coefficient (Wildman–Crippen LogP) is 2.20. The van der Waals surface area contributed by atoms with Crippen LogP contribution in [0.1, 0.15) is 25.3 Å². The van der Waals surface area contributed by atoms with Gasteiger partial charge in [-0.05, 0) is 25.5 Å². The first kappa shape index (κ1) is 13.4. The van der Waals surface area contributed by atoms with Crippen molar-refractivity contribution in [1.82, 2.24) is 4.90 Å². The van der Waals surface area contributed by atoms with Crippen LogP contribution in [0.3, 0.4) is 0 Å². The number of nitrogens with one attached hydrogen (secondary N) is 1. The Morgan fingerprint density at radius 1 is 1.58 bits per heavy atom. The second kappa shape index (κ2) is 5.75. The minimum Gasteiger partial charge on any atom is -0.384 e. The van der Waals surface area contributed by atoms with Gasteiger partial charge < -0.3 is 10.2 Å². The van der Waals surface area contributed by atoms with Gasteiger partial charge in [0.2, 0.25) is 5.91 Å². The summed E-state index contributed by atoms with van der Waals surface area (Å²) in [5.41, 5.74) is 2.11. The number of para-hydroxylation sites is 1. The molecule has 0 saturated carbocycles. The number of hydrogen-bond acceptors (Lipinski definition) is 3. The third-order valence-electron chi connectivity index (χ3n) is 3.54. The highest BCUT2D eigenvalue weighted by Gasteiger charge is 2.31. The third kappa shape index (κ3) is 2.70. The molecule has 2 unspecified atom stereocenters. The Bertz CT molecular complexity index is 506. The molecule has 19 heavy (non-hydrogen) atoms. The van der Waals surface area contributed by atoms with Crippen LogP contribution in [0.2, 0.25) is 0 Å². The molecule has 0 fully saturated rings. The van der Waals surface area contributed by atoms with Gasteiger partial charge in [0.1, 0.15) is 0 Å². The number of benzene rings is 1. The summed E-state index contributed by atoms with van der Waals surface area (Å²) in [6, 6.07) is 10.1. The van der Waals surface area contributed by atoms with Crippen LogP contribution in [0, 0.1) is 17.2 Å². The first-order valence-corrected chi connectivity index (χ1v) is 6.68. The van der Waals surface area contributed by atoms with Crippen molar-refractivity contribution in [3.8, 4) is 6.07 Å². The summed E-state index contributed by atoms with van der Waals surface area (Å²) in [6.45, 7) is 5.59. The Morgan fingerprint density at radius 3 is 3.00 bits per heavy atom. The Morgan fingerprint density at radius 2 is 2.32 bits per heavy atom. The number of rotatable bonds is 4. The molecular weight excluding hydrogens is 238 g/mol. The van der Waals surface area contributed by atoms with E-state index >= 15 is 0 Å². The normalized spacial score (nSPS) is 18.1. The molecule has 1 aliphatic rings. The standard InChI is InChI=1S/C15H19N3O/c1-3-18(10-11(2)8-16)15(19)13-9-17-14-7-5-4-6-12(13)14/h4-7,11,13,17H,3,9-10H2,1-2H3. The average molecular weight is 257 g/mol. The zero-order valence-electron chi connectivity index (χ0n) is 11.4. The van der Waals surface area contributed by atoms with Gasteiger partial charge >= 0.3 is 0 Å². The van der Waals surface area contributed by atoms with E-state index in [1.165, 1.54) is 0 Å². The van der Waals surface area contributed by atoms with E-state index in [-0.39, 0.29) is 17.7 Å². The van der Waals surface area contributed by atoms with Crippen molar-refractivity contribution in [2.75, 3.05) is 25.0 Å². The Balaban J connectivity index is 2.14. The minimum atomic E-state index is -0.131. The molecule has 0 radical (unpaired) electrons. The van der Waals surface area contributed by atoms with Gasteiger partial charge in [-0.2, -0.15) is 5.26 Å². The van der Waals surface area contributed by atoms with Crippen LogP contribution >= 0.6 is 0 Å². The quantitative estimate of drug-likeness (QED) is 0.899. The summed E-state index contributed by atoms with van der Waals surface area (Å²) in [7, 11) is 0. The molecule has 4 nitrogen and oxygen atoms in total. The van der Waals surface area contributed by atoms with Crippen molar-refractivity contribution in [3.63, 3.8) is 0 Å². The van der Waals surface area contributed by atoms with Crippen LogP contribution in [0.15, 0.2) is 24.3 Å². The Labute approximate surface area is 114 Å². The number of carbonyl (C=O) groups is 1. The fourth-order valence-corrected chi connectivity index (χ4v) is 2.47. The second-order valence-electron chi connectivity index (χ2n) is 4.93. The third-order valence-corrected chi connectivity index (χ3v) is 3.54. The molecule has 1 aliphatic heterocycles. The van der Waals surface area contributed by atoms with Crippen LogP contribution in [-0.2, 0) is 4.79 Å². The molecule has 2 rings (SSSR count). The number of nitrogens with zero attached hydrogens (tertiary/aromatic N) is 2. The number of likely N-dealkylation sites (N-methyl/N-ethyl adjacent to an activating group) is 1. The van der Waals surface area contributed by atoms with E-state index < -0.39 is 0 Å². The lowest BCUT2D eigenvalue weighted by molar-refractivity contribution is -0.132. The molecular formula is C15H19N3O. The van der Waals surface area contributed by atoms with E-state index in [0.717, 1.165) is 11.3 Å². The summed E-state index contributed by atoms with van der Waals surface area (Å²) in [5.74, 6) is -0.141. The van der Waals surface area contributed by atoms with Crippen LogP contribution in [0.5, 0.6) is 0 Å². The van der Waals surface area contributed by atoms with Gasteiger partial charge in [0.05, 0.1) is 17.9 Å². The van der Waals surface area contributed by atoms with Crippen molar-refractivity contribution in [2.24, 2.45) is 5.92 Å². The van der Waals surface area contributed by atoms with Crippen molar-refractivity contribution in [2.45, 2.75) is 19.8 Å². The highest BCUT2D eigenvalue weighted by Crippen LogP contribution is 2.32. The number of amides is 1. The molecule has 1 aromatic rings. The number of hydrogen-bond donors (Lipinski definition) is 1. The fourth-order valence-electron chi connectivity index (χ4n) is 2.47. The van der Waals surface area contributed by atoms with Crippen LogP contribution < -0.4 is 5.32 Å². The average Bonchev–Trinajstić information content (AvgIpc) is 2.87. The van der Waals surface area contributed by atoms with Gasteiger partial charge in [0, 0.05) is 25.3 Å². The number of anilines is 1. The van der Waals surface area contributed by atoms with Gasteiger partial charge in [-0.15, -0.1) is 0 Å². The maximum absolute atomic E-state index is 12.6. The summed E-state index contributed by atoms with van der Waals surface area (Å²) in [4.78, 5) is 14.3. The highest BCUT2D eigenvalue weighted by molar-refractivity contribution is 5.88. The monoisotopic (exact) mass is 257 g/mol. The van der Waals surface area contributed by atoms with E-state index in [1.54, 1.807) is 4.90 Å². The van der Waals surface area contributed by atoms with Crippen LogP contribution in [-0.4, -0.2) is 30.4 Å². The van der Waals surface area contributed by atoms with E-state index in [9.17, 15) is 4.79 Å². The molecule has 1 heterocycles. The molecule has 4 heteroatoms. The number of nitriles is 1. The Kier molecular flexibility index (Phi) is 4.06. The van der Waals surface area contributed by atoms with E-state index in [4.69, 9.17) is 5.26 Å². The first-order chi connectivity index (χ1) is 9.17. The molecule has 0 bridgehead atoms. The number of carbonyl (C=O) groups excluding carboxylic acids is 1. The van der Waals surface area contributed by atoms with Crippen LogP contribution in [0.4, 0.5) is 5.69 Å². The topological polar surface area (TPSA) is 56.1 Å². The molecule has 0 saturated heterocycles. The summed E-state index contributed by atoms with van der Waals surface area (Å²) < 4.78 is 0. The molecule has 0 spiro atoms. The molecule has 1 N–H and O–H groups in total. The van der Waals surface area contributed by atoms with E-state index in [1.807, 2.05) is 38.1 Å². The molecule has 0 aliphatic carbocycles. The predicted molar refractivity (Wildman–Crippen MR) is 74.7 cm³/mol. The number of fused-ring (bicyclic) bond motifs is 1. The van der Waals surface area contributed by atoms with Crippen molar-refractivity contribution < 1.29 is 4.79 Å². The first-order valence-electron chi connectivity index (χ1n) is 6.68. The zero-order valence-corrected chi connectivity index (χ0v) is 11.4. The minimum absolute atomic E-state index is 0.113. The Hall–Kier alpha value is -2.02. The lowest BCUT2D eigenvalue weighted by Crippen LogP contribution is -2.38. The maximum atomic E-state index is 12.6.